The molecule has 5 atom stereocenters. The highest BCUT2D eigenvalue weighted by atomic mass is 32.2. The van der Waals surface area contributed by atoms with Crippen molar-refractivity contribution < 1.29 is 0 Å². The molecule has 0 heterocycles. The zero-order chi connectivity index (χ0) is 19.2. The lowest BCUT2D eigenvalue weighted by Gasteiger charge is -2.32. The van der Waals surface area contributed by atoms with E-state index in [0.29, 0.717) is 0 Å². The zero-order valence-corrected chi connectivity index (χ0v) is 17.8. The van der Waals surface area contributed by atoms with Crippen molar-refractivity contribution in [2.75, 3.05) is 0 Å². The molecule has 0 N–H and O–H groups in total. The van der Waals surface area contributed by atoms with Gasteiger partial charge in [-0.05, 0) is 112 Å². The van der Waals surface area contributed by atoms with Crippen LogP contribution >= 0.6 is 10.9 Å². The van der Waals surface area contributed by atoms with Gasteiger partial charge in [-0.15, -0.1) is 0 Å². The van der Waals surface area contributed by atoms with E-state index in [1.54, 1.807) is 5.56 Å². The minimum absolute atomic E-state index is 0.486. The van der Waals surface area contributed by atoms with Gasteiger partial charge in [0, 0.05) is 0 Å². The van der Waals surface area contributed by atoms with Gasteiger partial charge in [0.25, 0.3) is 0 Å². The maximum atomic E-state index is 2.48. The van der Waals surface area contributed by atoms with Crippen molar-refractivity contribution in [3.8, 4) is 0 Å². The van der Waals surface area contributed by atoms with Crippen LogP contribution in [0.4, 0.5) is 0 Å². The van der Waals surface area contributed by atoms with E-state index in [-0.39, 0.29) is 0 Å². The largest absolute Gasteiger partial charge is 0.173 e. The average Bonchev–Trinajstić information content (AvgIpc) is 3.50. The second kappa shape index (κ2) is 7.36. The molecule has 3 aromatic carbocycles. The summed E-state index contributed by atoms with van der Waals surface area (Å²) in [5.41, 5.74) is 1.61. The van der Waals surface area contributed by atoms with Crippen LogP contribution < -0.4 is 0 Å². The summed E-state index contributed by atoms with van der Waals surface area (Å²) in [5.74, 6) is 4.96. The lowest BCUT2D eigenvalue weighted by Crippen LogP contribution is -2.23. The van der Waals surface area contributed by atoms with Gasteiger partial charge in [0.15, 0.2) is 0 Å². The van der Waals surface area contributed by atoms with Crippen molar-refractivity contribution in [2.45, 2.75) is 52.7 Å². The predicted molar refractivity (Wildman–Crippen MR) is 123 cm³/mol. The number of thiol groups is 1. The minimum atomic E-state index is -0.486. The number of hydrogen-bond donors (Lipinski definition) is 1. The first kappa shape index (κ1) is 17.8. The van der Waals surface area contributed by atoms with Crippen LogP contribution in [0.15, 0.2) is 99.6 Å². The summed E-state index contributed by atoms with van der Waals surface area (Å²) in [5, 5.41) is 0. The Hall–Kier alpha value is -1.99. The van der Waals surface area contributed by atoms with E-state index >= 15 is 0 Å². The lowest BCUT2D eigenvalue weighted by molar-refractivity contribution is 0.232. The number of rotatable bonds is 4. The molecule has 0 radical (unpaired) electrons. The maximum Gasteiger partial charge on any atom is -0.00450 e. The number of hydrogen-bond acceptors (Lipinski definition) is 0. The van der Waals surface area contributed by atoms with E-state index in [9.17, 15) is 0 Å². The van der Waals surface area contributed by atoms with Crippen molar-refractivity contribution in [3.05, 3.63) is 90.5 Å². The molecule has 0 nitrogen and oxygen atoms in total. The van der Waals surface area contributed by atoms with Crippen LogP contribution in [-0.4, -0.2) is 0 Å². The third-order valence-corrected chi connectivity index (χ3v) is 10.5. The van der Waals surface area contributed by atoms with E-state index in [0.717, 1.165) is 29.6 Å². The average molecular weight is 399 g/mol. The summed E-state index contributed by atoms with van der Waals surface area (Å²) in [6.07, 6.45) is 7.50. The molecule has 3 aliphatic rings. The Balaban J connectivity index is 1.31. The fraction of sp³-hybridized carbons (Fsp3) is 0.357. The topological polar surface area (TPSA) is 0 Å². The Labute approximate surface area is 177 Å². The molecule has 0 saturated heterocycles. The first-order valence-corrected chi connectivity index (χ1v) is 12.7. The second-order valence-corrected chi connectivity index (χ2v) is 11.6. The van der Waals surface area contributed by atoms with Crippen LogP contribution in [0.2, 0.25) is 0 Å². The molecule has 3 aliphatic carbocycles. The fourth-order valence-electron chi connectivity index (χ4n) is 6.92. The smallest absolute Gasteiger partial charge is 0.00450 e. The first-order chi connectivity index (χ1) is 14.4. The summed E-state index contributed by atoms with van der Waals surface area (Å²) in [6.45, 7) is 0. The highest BCUT2D eigenvalue weighted by Gasteiger charge is 2.53. The van der Waals surface area contributed by atoms with Crippen LogP contribution in [0.25, 0.3) is 0 Å². The lowest BCUT2D eigenvalue weighted by atomic mass is 9.73. The van der Waals surface area contributed by atoms with E-state index in [2.05, 4.69) is 84.9 Å². The molecular weight excluding hydrogens is 368 g/mol. The van der Waals surface area contributed by atoms with Gasteiger partial charge in [-0.25, -0.2) is 0 Å². The quantitative estimate of drug-likeness (QED) is 0.428. The van der Waals surface area contributed by atoms with Gasteiger partial charge in [-0.3, -0.25) is 0 Å². The first-order valence-electron chi connectivity index (χ1n) is 11.4. The fourth-order valence-corrected chi connectivity index (χ4v) is 9.21. The Morgan fingerprint density at radius 2 is 1.14 bits per heavy atom. The van der Waals surface area contributed by atoms with E-state index in [4.69, 9.17) is 0 Å². The van der Waals surface area contributed by atoms with Gasteiger partial charge in [0.2, 0.25) is 0 Å². The zero-order valence-electron chi connectivity index (χ0n) is 17.0. The SMILES string of the molecule is c1ccc([SH](c2ccccc2)c2ccc(C3CC4CC3C3CCCC43)cc2)cc1. The van der Waals surface area contributed by atoms with Crippen LogP contribution in [0, 0.1) is 23.7 Å². The molecule has 29 heavy (non-hydrogen) atoms. The van der Waals surface area contributed by atoms with Gasteiger partial charge >= 0.3 is 0 Å². The van der Waals surface area contributed by atoms with Crippen molar-refractivity contribution in [3.63, 3.8) is 0 Å². The van der Waals surface area contributed by atoms with Gasteiger partial charge in [0.05, 0.1) is 0 Å². The maximum absolute atomic E-state index is 2.48. The molecule has 3 fully saturated rings. The van der Waals surface area contributed by atoms with Crippen LogP contribution in [-0.2, 0) is 0 Å². The van der Waals surface area contributed by atoms with Crippen molar-refractivity contribution >= 4 is 10.9 Å². The predicted octanol–water partition coefficient (Wildman–Crippen LogP) is 7.70. The van der Waals surface area contributed by atoms with Crippen LogP contribution in [0.5, 0.6) is 0 Å². The highest BCUT2D eigenvalue weighted by Crippen LogP contribution is 2.63. The summed E-state index contributed by atoms with van der Waals surface area (Å²) < 4.78 is 0. The third kappa shape index (κ3) is 3.06. The van der Waals surface area contributed by atoms with Crippen molar-refractivity contribution in [1.82, 2.24) is 0 Å². The van der Waals surface area contributed by atoms with E-state index < -0.39 is 10.9 Å². The highest BCUT2D eigenvalue weighted by molar-refractivity contribution is 8.17. The number of fused-ring (bicyclic) bond motifs is 5. The van der Waals surface area contributed by atoms with Crippen LogP contribution in [0.3, 0.4) is 0 Å². The molecule has 0 amide bonds. The Kier molecular flexibility index (Phi) is 4.53. The molecular formula is C28H30S. The minimum Gasteiger partial charge on any atom is -0.173 e. The van der Waals surface area contributed by atoms with E-state index in [1.807, 2.05) is 0 Å². The Bertz CT molecular complexity index is 923. The monoisotopic (exact) mass is 398 g/mol. The summed E-state index contributed by atoms with van der Waals surface area (Å²) >= 11 is 0. The van der Waals surface area contributed by atoms with Gasteiger partial charge in [-0.2, -0.15) is 10.9 Å². The molecule has 3 aromatic rings. The van der Waals surface area contributed by atoms with Crippen molar-refractivity contribution in [2.24, 2.45) is 23.7 Å². The molecule has 2 bridgehead atoms. The summed E-state index contributed by atoms with van der Waals surface area (Å²) in [4.78, 5) is 4.35. The van der Waals surface area contributed by atoms with Gasteiger partial charge < -0.3 is 0 Å². The molecule has 148 valence electrons. The molecule has 0 aliphatic heterocycles. The Morgan fingerprint density at radius 3 is 1.79 bits per heavy atom. The standard InChI is InChI=1S/C28H30S/c1-3-8-22(9-4-1)29(23-10-5-2-6-11-23)24-16-14-20(15-17-24)27-18-21-19-28(27)26-13-7-12-25(21)26/h1-6,8-11,14-17,21,25-29H,7,12-13,18-19H2. The molecule has 3 saturated carbocycles. The van der Waals surface area contributed by atoms with Gasteiger partial charge in [0.1, 0.15) is 0 Å². The molecule has 6 rings (SSSR count). The van der Waals surface area contributed by atoms with E-state index in [1.165, 1.54) is 46.8 Å². The van der Waals surface area contributed by atoms with Crippen molar-refractivity contribution in [1.29, 1.82) is 0 Å². The third-order valence-electron chi connectivity index (χ3n) is 8.04. The Morgan fingerprint density at radius 1 is 0.552 bits per heavy atom. The second-order valence-electron chi connectivity index (χ2n) is 9.36. The normalized spacial score (nSPS) is 30.3. The van der Waals surface area contributed by atoms with Crippen LogP contribution in [0.1, 0.15) is 43.6 Å². The molecule has 1 heteroatoms. The molecule has 0 aromatic heterocycles. The molecule has 0 spiro atoms. The summed E-state index contributed by atoms with van der Waals surface area (Å²) in [6, 6.07) is 32.0. The number of benzene rings is 3. The summed E-state index contributed by atoms with van der Waals surface area (Å²) in [7, 11) is -0.486. The van der Waals surface area contributed by atoms with Gasteiger partial charge in [-0.1, -0.05) is 55.0 Å². The molecule has 5 unspecified atom stereocenters.